The Balaban J connectivity index is 1.87. The van der Waals surface area contributed by atoms with Crippen molar-refractivity contribution < 1.29 is 0 Å². The van der Waals surface area contributed by atoms with E-state index in [1.165, 1.54) is 0 Å². The van der Waals surface area contributed by atoms with Gasteiger partial charge in [0.05, 0.1) is 11.7 Å². The molecule has 0 fully saturated rings. The molecule has 2 unspecified atom stereocenters. The largest absolute Gasteiger partial charge is 0.301 e. The third-order valence-electron chi connectivity index (χ3n) is 3.67. The minimum Gasteiger partial charge on any atom is -0.301 e. The van der Waals surface area contributed by atoms with E-state index >= 15 is 0 Å². The van der Waals surface area contributed by atoms with Crippen LogP contribution in [-0.4, -0.2) is 19.6 Å². The van der Waals surface area contributed by atoms with Gasteiger partial charge in [0.25, 0.3) is 0 Å². The van der Waals surface area contributed by atoms with Gasteiger partial charge in [-0.05, 0) is 27.7 Å². The second kappa shape index (κ2) is 5.54. The molecule has 0 radical (unpaired) electrons. The summed E-state index contributed by atoms with van der Waals surface area (Å²) in [4.78, 5) is 8.86. The van der Waals surface area contributed by atoms with Crippen molar-refractivity contribution in [2.75, 3.05) is 0 Å². The monoisotopic (exact) mass is 301 g/mol. The molecule has 0 amide bonds. The van der Waals surface area contributed by atoms with Gasteiger partial charge in [0.2, 0.25) is 0 Å². The lowest BCUT2D eigenvalue weighted by Crippen LogP contribution is -2.24. The van der Waals surface area contributed by atoms with Crippen LogP contribution in [0.2, 0.25) is 0 Å². The number of nitrogens with one attached hydrogen (secondary N) is 1. The van der Waals surface area contributed by atoms with Crippen molar-refractivity contribution in [2.45, 2.75) is 39.8 Å². The number of thiazole rings is 1. The van der Waals surface area contributed by atoms with Crippen LogP contribution in [0.1, 0.15) is 47.9 Å². The molecule has 3 heterocycles. The number of hydrogen-bond acceptors (Lipinski definition) is 5. The van der Waals surface area contributed by atoms with E-state index in [2.05, 4.69) is 41.2 Å². The van der Waals surface area contributed by atoms with Crippen molar-refractivity contribution in [2.24, 2.45) is 0 Å². The highest BCUT2D eigenvalue weighted by atomic mass is 32.1. The predicted octanol–water partition coefficient (Wildman–Crippen LogP) is 3.21. The molecule has 0 bridgehead atoms. The van der Waals surface area contributed by atoms with Gasteiger partial charge in [-0.25, -0.2) is 14.5 Å². The molecule has 0 aliphatic carbocycles. The summed E-state index contributed by atoms with van der Waals surface area (Å²) in [6.07, 6.45) is 3.78. The highest BCUT2D eigenvalue weighted by molar-refractivity contribution is 7.09. The smallest absolute Gasteiger partial charge is 0.155 e. The fourth-order valence-electron chi connectivity index (χ4n) is 2.59. The van der Waals surface area contributed by atoms with Crippen LogP contribution in [0.15, 0.2) is 23.8 Å². The Morgan fingerprint density at radius 3 is 2.71 bits per heavy atom. The minimum absolute atomic E-state index is 0.185. The van der Waals surface area contributed by atoms with Gasteiger partial charge in [-0.3, -0.25) is 0 Å². The van der Waals surface area contributed by atoms with Crippen molar-refractivity contribution in [3.63, 3.8) is 0 Å². The quantitative estimate of drug-likeness (QED) is 0.804. The average molecular weight is 301 g/mol. The first-order chi connectivity index (χ1) is 10.1. The topological polar surface area (TPSA) is 55.1 Å². The van der Waals surface area contributed by atoms with Crippen molar-refractivity contribution in [1.82, 2.24) is 24.9 Å². The molecule has 3 rings (SSSR count). The molecule has 21 heavy (non-hydrogen) atoms. The molecule has 1 N–H and O–H groups in total. The van der Waals surface area contributed by atoms with Gasteiger partial charge in [0, 0.05) is 41.1 Å². The molecule has 0 saturated heterocycles. The number of hydrogen-bond donors (Lipinski definition) is 1. The van der Waals surface area contributed by atoms with Crippen LogP contribution in [0.5, 0.6) is 0 Å². The molecule has 3 aromatic rings. The maximum absolute atomic E-state index is 4.50. The highest BCUT2D eigenvalue weighted by Crippen LogP contribution is 2.23. The molecule has 2 atom stereocenters. The summed E-state index contributed by atoms with van der Waals surface area (Å²) in [5, 5.41) is 11.2. The zero-order chi connectivity index (χ0) is 15.0. The summed E-state index contributed by atoms with van der Waals surface area (Å²) in [6, 6.07) is 2.40. The second-order valence-corrected chi connectivity index (χ2v) is 6.26. The van der Waals surface area contributed by atoms with E-state index in [9.17, 15) is 0 Å². The van der Waals surface area contributed by atoms with Crippen LogP contribution in [-0.2, 0) is 0 Å². The minimum atomic E-state index is 0.185. The lowest BCUT2D eigenvalue weighted by molar-refractivity contribution is 0.488. The number of rotatable bonds is 4. The fourth-order valence-corrected chi connectivity index (χ4v) is 3.24. The molecule has 0 spiro atoms. The zero-order valence-corrected chi connectivity index (χ0v) is 13.5. The summed E-state index contributed by atoms with van der Waals surface area (Å²) < 4.78 is 1.91. The van der Waals surface area contributed by atoms with Gasteiger partial charge in [-0.1, -0.05) is 0 Å². The molecule has 3 aromatic heterocycles. The highest BCUT2D eigenvalue weighted by Gasteiger charge is 2.16. The lowest BCUT2D eigenvalue weighted by atomic mass is 10.1. The molecule has 0 aliphatic heterocycles. The normalized spacial score (nSPS) is 14.5. The fraction of sp³-hybridized carbons (Fsp3) is 0.400. The summed E-state index contributed by atoms with van der Waals surface area (Å²) in [7, 11) is 0. The van der Waals surface area contributed by atoms with Gasteiger partial charge in [0.1, 0.15) is 5.01 Å². The third kappa shape index (κ3) is 2.69. The third-order valence-corrected chi connectivity index (χ3v) is 4.63. The van der Waals surface area contributed by atoms with E-state index < -0.39 is 0 Å². The Kier molecular flexibility index (Phi) is 3.73. The number of fused-ring (bicyclic) bond motifs is 1. The van der Waals surface area contributed by atoms with Crippen LogP contribution in [0, 0.1) is 13.8 Å². The summed E-state index contributed by atoms with van der Waals surface area (Å²) in [5.74, 6) is 0. The Morgan fingerprint density at radius 2 is 2.00 bits per heavy atom. The van der Waals surface area contributed by atoms with Crippen molar-refractivity contribution >= 4 is 17.0 Å². The zero-order valence-electron chi connectivity index (χ0n) is 12.7. The van der Waals surface area contributed by atoms with E-state index in [4.69, 9.17) is 0 Å². The molecule has 110 valence electrons. The molecule has 0 saturated carbocycles. The van der Waals surface area contributed by atoms with Crippen molar-refractivity contribution in [1.29, 1.82) is 0 Å². The van der Waals surface area contributed by atoms with E-state index in [1.54, 1.807) is 11.3 Å². The van der Waals surface area contributed by atoms with Crippen LogP contribution in [0.25, 0.3) is 5.65 Å². The molecule has 6 heteroatoms. The second-order valence-electron chi connectivity index (χ2n) is 5.34. The van der Waals surface area contributed by atoms with E-state index in [0.717, 1.165) is 27.6 Å². The van der Waals surface area contributed by atoms with Crippen LogP contribution in [0.4, 0.5) is 0 Å². The van der Waals surface area contributed by atoms with E-state index in [1.807, 2.05) is 35.3 Å². The summed E-state index contributed by atoms with van der Waals surface area (Å²) >= 11 is 1.67. The van der Waals surface area contributed by atoms with Gasteiger partial charge < -0.3 is 5.32 Å². The Labute approximate surface area is 128 Å². The first-order valence-corrected chi connectivity index (χ1v) is 7.91. The SMILES string of the molecule is Cc1cc2ncc(C(C)NC(C)c3nccs3)c(C)n2n1. The maximum atomic E-state index is 4.50. The van der Waals surface area contributed by atoms with Gasteiger partial charge in [-0.15, -0.1) is 11.3 Å². The standard InChI is InChI=1S/C15H19N5S/c1-9-7-14-17-8-13(12(4)20(14)19-9)10(2)18-11(3)15-16-5-6-21-15/h5-8,10-11,18H,1-4H3. The van der Waals surface area contributed by atoms with E-state index in [0.29, 0.717) is 0 Å². The van der Waals surface area contributed by atoms with Gasteiger partial charge in [0.15, 0.2) is 5.65 Å². The lowest BCUT2D eigenvalue weighted by Gasteiger charge is -2.20. The first-order valence-electron chi connectivity index (χ1n) is 7.03. The molecular formula is C15H19N5S. The van der Waals surface area contributed by atoms with Gasteiger partial charge in [-0.2, -0.15) is 5.10 Å². The van der Waals surface area contributed by atoms with Crippen molar-refractivity contribution in [3.8, 4) is 0 Å². The van der Waals surface area contributed by atoms with E-state index in [-0.39, 0.29) is 12.1 Å². The van der Waals surface area contributed by atoms with Crippen LogP contribution >= 0.6 is 11.3 Å². The molecule has 0 aliphatic rings. The van der Waals surface area contributed by atoms with Gasteiger partial charge >= 0.3 is 0 Å². The van der Waals surface area contributed by atoms with Crippen LogP contribution in [0.3, 0.4) is 0 Å². The predicted molar refractivity (Wildman–Crippen MR) is 84.5 cm³/mol. The number of aryl methyl sites for hydroxylation is 2. The Hall–Kier alpha value is -1.79. The van der Waals surface area contributed by atoms with Crippen LogP contribution < -0.4 is 5.32 Å². The Bertz CT molecular complexity index is 747. The number of nitrogens with zero attached hydrogens (tertiary/aromatic N) is 4. The molecule has 0 aromatic carbocycles. The average Bonchev–Trinajstić information content (AvgIpc) is 3.07. The first kappa shape index (κ1) is 14.2. The number of aromatic nitrogens is 4. The molecular weight excluding hydrogens is 282 g/mol. The maximum Gasteiger partial charge on any atom is 0.155 e. The summed E-state index contributed by atoms with van der Waals surface area (Å²) in [5.41, 5.74) is 4.17. The Morgan fingerprint density at radius 1 is 1.19 bits per heavy atom. The molecule has 5 nitrogen and oxygen atoms in total. The van der Waals surface area contributed by atoms with Crippen molar-refractivity contribution in [3.05, 3.63) is 45.8 Å². The summed E-state index contributed by atoms with van der Waals surface area (Å²) in [6.45, 7) is 8.35.